The minimum absolute atomic E-state index is 0.759. The lowest BCUT2D eigenvalue weighted by Crippen LogP contribution is -2.56. The monoisotopic (exact) mass is 320 g/mol. The summed E-state index contributed by atoms with van der Waals surface area (Å²) in [5.41, 5.74) is 1.67. The first kappa shape index (κ1) is 11.9. The van der Waals surface area contributed by atoms with Crippen LogP contribution >= 0.6 is 22.9 Å². The highest BCUT2D eigenvalue weighted by atomic mass is 127. The topological polar surface area (TPSA) is 15.3 Å². The van der Waals surface area contributed by atoms with E-state index in [9.17, 15) is 0 Å². The summed E-state index contributed by atoms with van der Waals surface area (Å²) < 4.78 is 2.35. The van der Waals surface area contributed by atoms with Crippen LogP contribution in [0.5, 0.6) is 0 Å². The van der Waals surface area contributed by atoms with Crippen LogP contribution in [0.1, 0.15) is 39.0 Å². The zero-order valence-electron chi connectivity index (χ0n) is 9.51. The largest absolute Gasteiger partial charge is 0.309 e. The van der Waals surface area contributed by atoms with Gasteiger partial charge in [-0.25, -0.2) is 3.11 Å². The molecule has 3 heteroatoms. The molecule has 0 aromatic rings. The van der Waals surface area contributed by atoms with E-state index in [1.54, 1.807) is 5.57 Å². The zero-order chi connectivity index (χ0) is 10.7. The van der Waals surface area contributed by atoms with Crippen molar-refractivity contribution in [1.82, 2.24) is 8.43 Å². The van der Waals surface area contributed by atoms with Crippen LogP contribution < -0.4 is 5.32 Å². The predicted octanol–water partition coefficient (Wildman–Crippen LogP) is 2.89. The van der Waals surface area contributed by atoms with Crippen LogP contribution in [0.3, 0.4) is 0 Å². The van der Waals surface area contributed by atoms with E-state index >= 15 is 0 Å². The Morgan fingerprint density at radius 1 is 1.40 bits per heavy atom. The molecule has 0 saturated carbocycles. The van der Waals surface area contributed by atoms with Gasteiger partial charge in [0.25, 0.3) is 0 Å². The molecule has 0 bridgehead atoms. The minimum Gasteiger partial charge on any atom is -0.309 e. The molecule has 86 valence electrons. The van der Waals surface area contributed by atoms with Crippen molar-refractivity contribution in [3.63, 3.8) is 0 Å². The van der Waals surface area contributed by atoms with Gasteiger partial charge in [0.2, 0.25) is 0 Å². The maximum Gasteiger partial charge on any atom is 0.0341 e. The van der Waals surface area contributed by atoms with Crippen LogP contribution in [0.4, 0.5) is 0 Å². The van der Waals surface area contributed by atoms with Gasteiger partial charge in [0, 0.05) is 48.0 Å². The molecule has 0 radical (unpaired) electrons. The van der Waals surface area contributed by atoms with Gasteiger partial charge in [-0.2, -0.15) is 0 Å². The van der Waals surface area contributed by atoms with E-state index in [-0.39, 0.29) is 0 Å². The van der Waals surface area contributed by atoms with Crippen molar-refractivity contribution in [2.24, 2.45) is 0 Å². The van der Waals surface area contributed by atoms with Crippen molar-refractivity contribution in [3.05, 3.63) is 11.6 Å². The van der Waals surface area contributed by atoms with Crippen molar-refractivity contribution in [2.75, 3.05) is 13.1 Å². The Balaban J connectivity index is 1.72. The van der Waals surface area contributed by atoms with Gasteiger partial charge in [0.05, 0.1) is 0 Å². The van der Waals surface area contributed by atoms with Gasteiger partial charge in [-0.15, -0.1) is 0 Å². The maximum absolute atomic E-state index is 3.79. The molecular weight excluding hydrogens is 299 g/mol. The van der Waals surface area contributed by atoms with Crippen LogP contribution in [0.2, 0.25) is 0 Å². The van der Waals surface area contributed by atoms with E-state index in [1.807, 2.05) is 0 Å². The third-order valence-corrected chi connectivity index (χ3v) is 4.31. The van der Waals surface area contributed by atoms with E-state index in [4.69, 9.17) is 0 Å². The zero-order valence-corrected chi connectivity index (χ0v) is 11.7. The molecule has 0 amide bonds. The lowest BCUT2D eigenvalue weighted by molar-refractivity contribution is 0.239. The number of hydrogen-bond acceptors (Lipinski definition) is 2. The molecule has 1 unspecified atom stereocenters. The molecule has 1 saturated heterocycles. The normalized spacial score (nSPS) is 29.5. The predicted molar refractivity (Wildman–Crippen MR) is 73.1 cm³/mol. The maximum atomic E-state index is 3.79. The number of hydrogen-bond donors (Lipinski definition) is 1. The van der Waals surface area contributed by atoms with Crippen molar-refractivity contribution < 1.29 is 0 Å². The van der Waals surface area contributed by atoms with Gasteiger partial charge >= 0.3 is 0 Å². The smallest absolute Gasteiger partial charge is 0.0341 e. The number of nitrogens with zero attached hydrogens (tertiary/aromatic N) is 1. The van der Waals surface area contributed by atoms with Crippen molar-refractivity contribution >= 4 is 22.9 Å². The van der Waals surface area contributed by atoms with E-state index in [2.05, 4.69) is 44.3 Å². The average molecular weight is 320 g/mol. The van der Waals surface area contributed by atoms with E-state index < -0.39 is 0 Å². The SMILES string of the molecule is CCC1=CCCC(NC2CN(I)C2)CC1. The number of allylic oxidation sites excluding steroid dienone is 2. The summed E-state index contributed by atoms with van der Waals surface area (Å²) >= 11 is 2.40. The Bertz CT molecular complexity index is 234. The van der Waals surface area contributed by atoms with Crippen LogP contribution in [0.15, 0.2) is 11.6 Å². The third kappa shape index (κ3) is 3.43. The third-order valence-electron chi connectivity index (χ3n) is 3.52. The van der Waals surface area contributed by atoms with E-state index in [1.165, 1.54) is 45.2 Å². The molecule has 1 aliphatic carbocycles. The molecule has 2 nitrogen and oxygen atoms in total. The summed E-state index contributed by atoms with van der Waals surface area (Å²) in [6.45, 7) is 4.73. The highest BCUT2D eigenvalue weighted by Crippen LogP contribution is 2.22. The van der Waals surface area contributed by atoms with Gasteiger partial charge in [-0.05, 0) is 32.1 Å². The molecule has 1 N–H and O–H groups in total. The molecule has 0 aromatic carbocycles. The first-order chi connectivity index (χ1) is 7.28. The molecule has 1 fully saturated rings. The summed E-state index contributed by atoms with van der Waals surface area (Å²) in [6.07, 6.45) is 8.99. The van der Waals surface area contributed by atoms with Gasteiger partial charge in [0.15, 0.2) is 0 Å². The minimum atomic E-state index is 0.759. The second-order valence-corrected chi connectivity index (χ2v) is 6.08. The summed E-state index contributed by atoms with van der Waals surface area (Å²) in [7, 11) is 0. The van der Waals surface area contributed by atoms with Crippen molar-refractivity contribution in [1.29, 1.82) is 0 Å². The molecular formula is C12H21IN2. The highest BCUT2D eigenvalue weighted by molar-refractivity contribution is 14.1. The first-order valence-electron chi connectivity index (χ1n) is 6.12. The Labute approximate surface area is 107 Å². The van der Waals surface area contributed by atoms with Gasteiger partial charge in [0.1, 0.15) is 0 Å². The average Bonchev–Trinajstić information content (AvgIpc) is 2.41. The summed E-state index contributed by atoms with van der Waals surface area (Å²) in [5.74, 6) is 0. The second kappa shape index (κ2) is 5.64. The molecule has 0 spiro atoms. The Hall–Kier alpha value is 0.390. The number of halogens is 1. The van der Waals surface area contributed by atoms with Crippen LogP contribution in [0.25, 0.3) is 0 Å². The molecule has 2 aliphatic rings. The molecule has 1 atom stereocenters. The fourth-order valence-electron chi connectivity index (χ4n) is 2.45. The Morgan fingerprint density at radius 3 is 2.87 bits per heavy atom. The summed E-state index contributed by atoms with van der Waals surface area (Å²) in [5, 5.41) is 3.79. The van der Waals surface area contributed by atoms with E-state index in [0.717, 1.165) is 12.1 Å². The van der Waals surface area contributed by atoms with Crippen LogP contribution in [-0.2, 0) is 0 Å². The standard InChI is InChI=1S/C12H21IN2/c1-2-10-4-3-5-11(7-6-10)14-12-8-15(13)9-12/h4,11-12,14H,2-3,5-9H2,1H3. The fourth-order valence-corrected chi connectivity index (χ4v) is 3.40. The quantitative estimate of drug-likeness (QED) is 0.489. The lowest BCUT2D eigenvalue weighted by Gasteiger charge is -2.37. The summed E-state index contributed by atoms with van der Waals surface area (Å²) in [4.78, 5) is 0. The van der Waals surface area contributed by atoms with Gasteiger partial charge in [-0.1, -0.05) is 18.6 Å². The number of rotatable bonds is 3. The summed E-state index contributed by atoms with van der Waals surface area (Å²) in [6, 6.07) is 1.52. The van der Waals surface area contributed by atoms with Crippen LogP contribution in [0, 0.1) is 0 Å². The highest BCUT2D eigenvalue weighted by Gasteiger charge is 2.26. The lowest BCUT2D eigenvalue weighted by atomic mass is 10.0. The van der Waals surface area contributed by atoms with Gasteiger partial charge < -0.3 is 5.32 Å². The first-order valence-corrected chi connectivity index (χ1v) is 7.09. The Kier molecular flexibility index (Phi) is 4.46. The van der Waals surface area contributed by atoms with E-state index in [0.29, 0.717) is 0 Å². The molecule has 2 rings (SSSR count). The molecule has 1 heterocycles. The molecule has 1 aliphatic heterocycles. The molecule has 15 heavy (non-hydrogen) atoms. The van der Waals surface area contributed by atoms with Crippen molar-refractivity contribution in [3.8, 4) is 0 Å². The fraction of sp³-hybridized carbons (Fsp3) is 0.833. The second-order valence-electron chi connectivity index (χ2n) is 4.72. The van der Waals surface area contributed by atoms with Crippen LogP contribution in [-0.4, -0.2) is 28.3 Å². The molecule has 0 aromatic heterocycles. The van der Waals surface area contributed by atoms with Crippen molar-refractivity contribution in [2.45, 2.75) is 51.1 Å². The van der Waals surface area contributed by atoms with Gasteiger partial charge in [-0.3, -0.25) is 0 Å². The number of nitrogens with one attached hydrogen (secondary N) is 1. The Morgan fingerprint density at radius 2 is 2.20 bits per heavy atom.